The summed E-state index contributed by atoms with van der Waals surface area (Å²) in [5.41, 5.74) is 1.18. The van der Waals surface area contributed by atoms with Gasteiger partial charge in [-0.25, -0.2) is 0 Å². The van der Waals surface area contributed by atoms with Crippen LogP contribution in [0, 0.1) is 0 Å². The maximum absolute atomic E-state index is 5.53. The van der Waals surface area contributed by atoms with Crippen molar-refractivity contribution in [1.82, 2.24) is 5.32 Å². The van der Waals surface area contributed by atoms with Crippen molar-refractivity contribution in [3.8, 4) is 11.5 Å². The lowest BCUT2D eigenvalue weighted by molar-refractivity contribution is 0.375. The molecule has 1 aromatic rings. The van der Waals surface area contributed by atoms with E-state index < -0.39 is 0 Å². The molecule has 2 rings (SSSR count). The van der Waals surface area contributed by atoms with Crippen molar-refractivity contribution in [1.29, 1.82) is 0 Å². The van der Waals surface area contributed by atoms with Gasteiger partial charge >= 0.3 is 0 Å². The molecule has 1 heterocycles. The molecule has 0 bridgehead atoms. The van der Waals surface area contributed by atoms with E-state index in [2.05, 4.69) is 18.3 Å². The van der Waals surface area contributed by atoms with E-state index >= 15 is 0 Å². The van der Waals surface area contributed by atoms with Crippen molar-refractivity contribution >= 4 is 11.8 Å². The standard InChI is InChI=1S/C15H23NO2S/c1-15(8-5-9-19-15)14(16-2)12-10-11(17-3)6-7-13(12)18-4/h6-7,10,14,16H,5,8-9H2,1-4H3. The molecule has 3 nitrogen and oxygen atoms in total. The summed E-state index contributed by atoms with van der Waals surface area (Å²) in [5, 5.41) is 3.47. The first-order valence-corrected chi connectivity index (χ1v) is 7.66. The van der Waals surface area contributed by atoms with Gasteiger partial charge in [0.2, 0.25) is 0 Å². The predicted octanol–water partition coefficient (Wildman–Crippen LogP) is 3.25. The monoisotopic (exact) mass is 281 g/mol. The normalized spacial score (nSPS) is 24.2. The van der Waals surface area contributed by atoms with E-state index in [4.69, 9.17) is 9.47 Å². The van der Waals surface area contributed by atoms with Gasteiger partial charge in [-0.2, -0.15) is 11.8 Å². The maximum Gasteiger partial charge on any atom is 0.123 e. The van der Waals surface area contributed by atoms with E-state index in [-0.39, 0.29) is 10.8 Å². The number of rotatable bonds is 5. The van der Waals surface area contributed by atoms with Gasteiger partial charge in [0.25, 0.3) is 0 Å². The second-order valence-electron chi connectivity index (χ2n) is 5.09. The third kappa shape index (κ3) is 2.84. The highest BCUT2D eigenvalue weighted by molar-refractivity contribution is 8.00. The summed E-state index contributed by atoms with van der Waals surface area (Å²) in [6.45, 7) is 2.34. The Kier molecular flexibility index (Phi) is 4.63. The first kappa shape index (κ1) is 14.5. The lowest BCUT2D eigenvalue weighted by Gasteiger charge is -2.34. The Bertz CT molecular complexity index is 430. The van der Waals surface area contributed by atoms with Crippen LogP contribution in [0.2, 0.25) is 0 Å². The van der Waals surface area contributed by atoms with E-state index in [0.717, 1.165) is 11.5 Å². The van der Waals surface area contributed by atoms with Crippen LogP contribution >= 0.6 is 11.8 Å². The number of methoxy groups -OCH3 is 2. The van der Waals surface area contributed by atoms with Crippen molar-refractivity contribution in [3.63, 3.8) is 0 Å². The molecule has 1 aliphatic heterocycles. The van der Waals surface area contributed by atoms with E-state index in [1.165, 1.54) is 24.2 Å². The fraction of sp³-hybridized carbons (Fsp3) is 0.600. The molecule has 1 saturated heterocycles. The summed E-state index contributed by atoms with van der Waals surface area (Å²) in [4.78, 5) is 0. The Balaban J connectivity index is 2.41. The van der Waals surface area contributed by atoms with Gasteiger partial charge in [0.15, 0.2) is 0 Å². The maximum atomic E-state index is 5.53. The molecule has 1 aromatic carbocycles. The minimum Gasteiger partial charge on any atom is -0.497 e. The Morgan fingerprint density at radius 2 is 2.11 bits per heavy atom. The minimum absolute atomic E-state index is 0.217. The average molecular weight is 281 g/mol. The SMILES string of the molecule is CNC(c1cc(OC)ccc1OC)C1(C)CCCS1. The lowest BCUT2D eigenvalue weighted by atomic mass is 9.89. The predicted molar refractivity (Wildman–Crippen MR) is 81.4 cm³/mol. The van der Waals surface area contributed by atoms with Crippen LogP contribution in [0.15, 0.2) is 18.2 Å². The highest BCUT2D eigenvalue weighted by Crippen LogP contribution is 2.48. The second-order valence-corrected chi connectivity index (χ2v) is 6.72. The third-order valence-corrected chi connectivity index (χ3v) is 5.49. The fourth-order valence-electron chi connectivity index (χ4n) is 2.88. The van der Waals surface area contributed by atoms with Crippen molar-refractivity contribution < 1.29 is 9.47 Å². The minimum atomic E-state index is 0.217. The molecule has 4 heteroatoms. The van der Waals surface area contributed by atoms with Gasteiger partial charge in [-0.1, -0.05) is 0 Å². The first-order valence-electron chi connectivity index (χ1n) is 6.68. The van der Waals surface area contributed by atoms with Crippen molar-refractivity contribution in [2.75, 3.05) is 27.0 Å². The van der Waals surface area contributed by atoms with Crippen molar-refractivity contribution in [3.05, 3.63) is 23.8 Å². The van der Waals surface area contributed by atoms with Crippen LogP contribution in [0.4, 0.5) is 0 Å². The zero-order chi connectivity index (χ0) is 13.9. The number of hydrogen-bond donors (Lipinski definition) is 1. The molecule has 0 aromatic heterocycles. The van der Waals surface area contributed by atoms with Crippen LogP contribution in [0.3, 0.4) is 0 Å². The number of ether oxygens (including phenoxy) is 2. The van der Waals surface area contributed by atoms with Crippen LogP contribution in [0.25, 0.3) is 0 Å². The number of thioether (sulfide) groups is 1. The Morgan fingerprint density at radius 1 is 1.32 bits per heavy atom. The van der Waals surface area contributed by atoms with Gasteiger partial charge in [-0.05, 0) is 50.8 Å². The van der Waals surface area contributed by atoms with Crippen LogP contribution in [-0.4, -0.2) is 31.8 Å². The summed E-state index contributed by atoms with van der Waals surface area (Å²) < 4.78 is 11.1. The molecule has 0 spiro atoms. The number of benzene rings is 1. The fourth-order valence-corrected chi connectivity index (χ4v) is 4.34. The molecule has 1 N–H and O–H groups in total. The third-order valence-electron chi connectivity index (χ3n) is 3.90. The summed E-state index contributed by atoms with van der Waals surface area (Å²) in [7, 11) is 5.45. The van der Waals surface area contributed by atoms with Gasteiger partial charge in [-0.15, -0.1) is 0 Å². The van der Waals surface area contributed by atoms with Gasteiger partial charge in [0.1, 0.15) is 11.5 Å². The summed E-state index contributed by atoms with van der Waals surface area (Å²) >= 11 is 2.05. The highest BCUT2D eigenvalue weighted by atomic mass is 32.2. The summed E-state index contributed by atoms with van der Waals surface area (Å²) in [6.07, 6.45) is 2.51. The first-order chi connectivity index (χ1) is 9.14. The van der Waals surface area contributed by atoms with Crippen molar-refractivity contribution in [2.24, 2.45) is 0 Å². The van der Waals surface area contributed by atoms with E-state index in [1.807, 2.05) is 30.9 Å². The molecule has 19 heavy (non-hydrogen) atoms. The Morgan fingerprint density at radius 3 is 2.63 bits per heavy atom. The van der Waals surface area contributed by atoms with Gasteiger partial charge < -0.3 is 14.8 Å². The number of nitrogens with one attached hydrogen (secondary N) is 1. The van der Waals surface area contributed by atoms with Crippen LogP contribution in [-0.2, 0) is 0 Å². The molecule has 0 aliphatic carbocycles. The van der Waals surface area contributed by atoms with Crippen LogP contribution < -0.4 is 14.8 Å². The van der Waals surface area contributed by atoms with Gasteiger partial charge in [0, 0.05) is 10.3 Å². The average Bonchev–Trinajstić information content (AvgIpc) is 2.87. The summed E-state index contributed by atoms with van der Waals surface area (Å²) in [6, 6.07) is 6.29. The number of hydrogen-bond acceptors (Lipinski definition) is 4. The molecule has 1 aliphatic rings. The smallest absolute Gasteiger partial charge is 0.123 e. The molecule has 2 unspecified atom stereocenters. The van der Waals surface area contributed by atoms with Crippen LogP contribution in [0.5, 0.6) is 11.5 Å². The molecule has 0 radical (unpaired) electrons. The van der Waals surface area contributed by atoms with Gasteiger partial charge in [-0.3, -0.25) is 0 Å². The van der Waals surface area contributed by atoms with Gasteiger partial charge in [0.05, 0.1) is 20.3 Å². The van der Waals surface area contributed by atoms with E-state index in [9.17, 15) is 0 Å². The molecule has 106 valence electrons. The quantitative estimate of drug-likeness (QED) is 0.897. The molecular weight excluding hydrogens is 258 g/mol. The largest absolute Gasteiger partial charge is 0.497 e. The van der Waals surface area contributed by atoms with Crippen LogP contribution in [0.1, 0.15) is 31.4 Å². The van der Waals surface area contributed by atoms with E-state index in [1.54, 1.807) is 14.2 Å². The highest BCUT2D eigenvalue weighted by Gasteiger charge is 2.39. The summed E-state index contributed by atoms with van der Waals surface area (Å²) in [5.74, 6) is 3.04. The topological polar surface area (TPSA) is 30.5 Å². The second kappa shape index (κ2) is 6.06. The molecular formula is C15H23NO2S. The van der Waals surface area contributed by atoms with Crippen molar-refractivity contribution in [2.45, 2.75) is 30.6 Å². The molecule has 0 amide bonds. The lowest BCUT2D eigenvalue weighted by Crippen LogP contribution is -2.35. The zero-order valence-corrected chi connectivity index (χ0v) is 13.0. The Labute approximate surface area is 120 Å². The molecule has 0 saturated carbocycles. The Hall–Kier alpha value is -0.870. The van der Waals surface area contributed by atoms with E-state index in [0.29, 0.717) is 0 Å². The molecule has 2 atom stereocenters. The molecule has 1 fully saturated rings. The zero-order valence-electron chi connectivity index (χ0n) is 12.2.